The summed E-state index contributed by atoms with van der Waals surface area (Å²) >= 11 is 0. The van der Waals surface area contributed by atoms with Gasteiger partial charge in [-0.05, 0) is 55.2 Å². The highest BCUT2D eigenvalue weighted by molar-refractivity contribution is 7.85. The second-order valence-electron chi connectivity index (χ2n) is 9.19. The maximum Gasteiger partial charge on any atom is 0.285 e. The molecular weight excluding hydrogens is 482 g/mol. The summed E-state index contributed by atoms with van der Waals surface area (Å²) in [6.07, 6.45) is 0.804. The summed E-state index contributed by atoms with van der Waals surface area (Å²) in [5, 5.41) is 0. The third kappa shape index (κ3) is 6.07. The van der Waals surface area contributed by atoms with Crippen LogP contribution in [0.4, 0.5) is 0 Å². The Balaban J connectivity index is 0.000000209. The highest BCUT2D eigenvalue weighted by atomic mass is 32.2. The molecule has 5 rings (SSSR count). The molecule has 6 nitrogen and oxygen atoms in total. The molecule has 190 valence electrons. The smallest absolute Gasteiger partial charge is 0.285 e. The first-order valence-corrected chi connectivity index (χ1v) is 13.4. The molecule has 0 radical (unpaired) electrons. The zero-order valence-corrected chi connectivity index (χ0v) is 22.1. The fraction of sp³-hybridized carbons (Fsp3) is 0.167. The number of rotatable bonds is 5. The molecule has 7 heteroatoms. The van der Waals surface area contributed by atoms with Gasteiger partial charge < -0.3 is 4.55 Å². The van der Waals surface area contributed by atoms with Crippen LogP contribution in [0.1, 0.15) is 33.6 Å². The summed E-state index contributed by atoms with van der Waals surface area (Å²) in [5.41, 5.74) is 6.75. The first-order valence-electron chi connectivity index (χ1n) is 12.0. The van der Waals surface area contributed by atoms with Crippen LogP contribution in [0.5, 0.6) is 0 Å². The maximum atomic E-state index is 10.8. The lowest BCUT2D eigenvalue weighted by atomic mass is 10.1. The number of benzene rings is 4. The van der Waals surface area contributed by atoms with Crippen LogP contribution in [0, 0.1) is 20.8 Å². The van der Waals surface area contributed by atoms with Crippen LogP contribution >= 0.6 is 0 Å². The normalized spacial score (nSPS) is 11.2. The molecule has 1 aromatic heterocycles. The SMILES string of the molecule is Cc1cc(C)c(S(=O)(=O)[O-])c(C)c1.Nn1c(Cc2ccccc2)[n+](Cc2ccccc2)c2ccccc21. The molecule has 0 saturated carbocycles. The minimum Gasteiger partial charge on any atom is -0.744 e. The van der Waals surface area contributed by atoms with Crippen LogP contribution in [0.2, 0.25) is 0 Å². The van der Waals surface area contributed by atoms with Gasteiger partial charge in [0, 0.05) is 0 Å². The summed E-state index contributed by atoms with van der Waals surface area (Å²) in [5.74, 6) is 7.54. The maximum absolute atomic E-state index is 10.8. The Labute approximate surface area is 218 Å². The van der Waals surface area contributed by atoms with Crippen LogP contribution in [-0.2, 0) is 23.1 Å². The fourth-order valence-electron chi connectivity index (χ4n) is 4.77. The molecule has 1 heterocycles. The van der Waals surface area contributed by atoms with E-state index in [4.69, 9.17) is 5.84 Å². The number of nitrogen functional groups attached to an aromatic ring is 1. The van der Waals surface area contributed by atoms with E-state index in [1.807, 2.05) is 29.8 Å². The number of hydrogen-bond donors (Lipinski definition) is 1. The Bertz CT molecular complexity index is 1600. The molecule has 0 amide bonds. The van der Waals surface area contributed by atoms with E-state index >= 15 is 0 Å². The van der Waals surface area contributed by atoms with Crippen molar-refractivity contribution in [3.8, 4) is 0 Å². The number of aromatic nitrogens is 2. The van der Waals surface area contributed by atoms with Crippen LogP contribution < -0.4 is 10.4 Å². The van der Waals surface area contributed by atoms with Crippen molar-refractivity contribution in [1.82, 2.24) is 4.68 Å². The second-order valence-corrected chi connectivity index (χ2v) is 10.5. The van der Waals surface area contributed by atoms with Crippen molar-refractivity contribution >= 4 is 21.2 Å². The van der Waals surface area contributed by atoms with E-state index in [9.17, 15) is 13.0 Å². The van der Waals surface area contributed by atoms with E-state index < -0.39 is 10.1 Å². The molecule has 4 aromatic carbocycles. The van der Waals surface area contributed by atoms with Crippen molar-refractivity contribution in [1.29, 1.82) is 0 Å². The summed E-state index contributed by atoms with van der Waals surface area (Å²) in [7, 11) is -4.33. The van der Waals surface area contributed by atoms with E-state index in [1.54, 1.807) is 26.0 Å². The molecule has 0 aliphatic heterocycles. The zero-order chi connectivity index (χ0) is 26.6. The van der Waals surface area contributed by atoms with Gasteiger partial charge in [0.15, 0.2) is 11.0 Å². The Morgan fingerprint density at radius 1 is 0.784 bits per heavy atom. The molecule has 0 bridgehead atoms. The molecule has 0 unspecified atom stereocenters. The molecule has 0 aliphatic rings. The van der Waals surface area contributed by atoms with Gasteiger partial charge in [-0.25, -0.2) is 13.0 Å². The number of nitrogens with two attached hydrogens (primary N) is 1. The second kappa shape index (κ2) is 11.0. The Morgan fingerprint density at radius 2 is 1.30 bits per heavy atom. The molecule has 2 N–H and O–H groups in total. The van der Waals surface area contributed by atoms with Crippen LogP contribution in [0.15, 0.2) is 102 Å². The minimum absolute atomic E-state index is 0.0851. The number of fused-ring (bicyclic) bond motifs is 1. The van der Waals surface area contributed by atoms with Gasteiger partial charge in [-0.2, -0.15) is 0 Å². The third-order valence-corrected chi connectivity index (χ3v) is 7.41. The predicted octanol–water partition coefficient (Wildman–Crippen LogP) is 4.80. The van der Waals surface area contributed by atoms with Crippen molar-refractivity contribution in [2.75, 3.05) is 5.84 Å². The quantitative estimate of drug-likeness (QED) is 0.208. The average molecular weight is 514 g/mol. The Kier molecular flexibility index (Phi) is 7.76. The summed E-state index contributed by atoms with van der Waals surface area (Å²) in [4.78, 5) is -0.0851. The van der Waals surface area contributed by atoms with E-state index in [0.29, 0.717) is 11.1 Å². The monoisotopic (exact) mass is 513 g/mol. The van der Waals surface area contributed by atoms with Gasteiger partial charge in [-0.3, -0.25) is 5.84 Å². The van der Waals surface area contributed by atoms with E-state index in [1.165, 1.54) is 11.1 Å². The Morgan fingerprint density at radius 3 is 1.86 bits per heavy atom. The molecule has 0 fully saturated rings. The number of hydrogen-bond acceptors (Lipinski definition) is 4. The summed E-state index contributed by atoms with van der Waals surface area (Å²) in [6, 6.07) is 32.7. The largest absolute Gasteiger partial charge is 0.744 e. The molecular formula is C30H31N3O3S. The number of nitrogens with zero attached hydrogens (tertiary/aromatic N) is 2. The summed E-state index contributed by atoms with van der Waals surface area (Å²) < 4.78 is 36.6. The van der Waals surface area contributed by atoms with Crippen molar-refractivity contribution < 1.29 is 17.5 Å². The van der Waals surface area contributed by atoms with Crippen LogP contribution in [0.25, 0.3) is 11.0 Å². The standard InChI is InChI=1S/C21H20N3.C9H12O3S/c22-24-20-14-8-7-13-19(20)23(16-18-11-5-2-6-12-18)21(24)15-17-9-3-1-4-10-17;1-6-4-7(2)9(8(3)5-6)13(10,11)12/h1-14H,15-16,22H2;4-5H,1-3H3,(H,10,11,12)/q+1;/p-1. The number of imidazole rings is 1. The molecule has 0 saturated heterocycles. The molecule has 0 atom stereocenters. The van der Waals surface area contributed by atoms with Crippen LogP contribution in [0.3, 0.4) is 0 Å². The Hall–Kier alpha value is -3.94. The lowest BCUT2D eigenvalue weighted by molar-refractivity contribution is -0.670. The van der Waals surface area contributed by atoms with Gasteiger partial charge in [0.2, 0.25) is 0 Å². The minimum atomic E-state index is -4.33. The van der Waals surface area contributed by atoms with Crippen molar-refractivity contribution in [2.45, 2.75) is 38.6 Å². The van der Waals surface area contributed by atoms with Crippen molar-refractivity contribution in [3.63, 3.8) is 0 Å². The van der Waals surface area contributed by atoms with Gasteiger partial charge in [-0.1, -0.05) is 90.5 Å². The van der Waals surface area contributed by atoms with Gasteiger partial charge in [0.05, 0.1) is 11.3 Å². The number of para-hydroxylation sites is 2. The zero-order valence-electron chi connectivity index (χ0n) is 21.3. The van der Waals surface area contributed by atoms with E-state index in [2.05, 4.69) is 71.3 Å². The first kappa shape index (κ1) is 26.1. The average Bonchev–Trinajstić information content (AvgIpc) is 3.10. The van der Waals surface area contributed by atoms with Gasteiger partial charge in [0.25, 0.3) is 5.82 Å². The lowest BCUT2D eigenvalue weighted by Crippen LogP contribution is -2.39. The van der Waals surface area contributed by atoms with Crippen molar-refractivity contribution in [2.24, 2.45) is 0 Å². The van der Waals surface area contributed by atoms with E-state index in [0.717, 1.165) is 35.4 Å². The molecule has 0 aliphatic carbocycles. The highest BCUT2D eigenvalue weighted by Gasteiger charge is 2.23. The first-order chi connectivity index (χ1) is 17.6. The fourth-order valence-corrected chi connectivity index (χ4v) is 5.67. The van der Waals surface area contributed by atoms with Gasteiger partial charge in [-0.15, -0.1) is 4.68 Å². The molecule has 37 heavy (non-hydrogen) atoms. The van der Waals surface area contributed by atoms with E-state index in [-0.39, 0.29) is 4.90 Å². The summed E-state index contributed by atoms with van der Waals surface area (Å²) in [6.45, 7) is 5.94. The number of aryl methyl sites for hydroxylation is 3. The molecule has 0 spiro atoms. The van der Waals surface area contributed by atoms with Crippen LogP contribution in [-0.4, -0.2) is 17.6 Å². The highest BCUT2D eigenvalue weighted by Crippen LogP contribution is 2.21. The van der Waals surface area contributed by atoms with Crippen molar-refractivity contribution in [3.05, 3.63) is 131 Å². The predicted molar refractivity (Wildman–Crippen MR) is 146 cm³/mol. The van der Waals surface area contributed by atoms with Gasteiger partial charge in [0.1, 0.15) is 16.7 Å². The van der Waals surface area contributed by atoms with Gasteiger partial charge >= 0.3 is 0 Å². The topological polar surface area (TPSA) is 92.0 Å². The molecule has 5 aromatic rings. The lowest BCUT2D eigenvalue weighted by Gasteiger charge is -2.14. The third-order valence-electron chi connectivity index (χ3n) is 6.26.